The summed E-state index contributed by atoms with van der Waals surface area (Å²) in [7, 11) is 0. The Morgan fingerprint density at radius 2 is 1.19 bits per heavy atom. The maximum atomic E-state index is 6.63. The molecule has 16 heavy (non-hydrogen) atoms. The number of hydrogen-bond acceptors (Lipinski definition) is 1. The summed E-state index contributed by atoms with van der Waals surface area (Å²) in [5, 5.41) is 0. The average molecular weight is 227 g/mol. The molecular weight excluding hydrogens is 194 g/mol. The van der Waals surface area contributed by atoms with E-state index in [9.17, 15) is 0 Å². The summed E-state index contributed by atoms with van der Waals surface area (Å²) in [4.78, 5) is 0. The zero-order chi connectivity index (χ0) is 13.3. The molecule has 0 saturated heterocycles. The fourth-order valence-corrected chi connectivity index (χ4v) is 2.47. The second-order valence-corrected chi connectivity index (χ2v) is 7.35. The lowest BCUT2D eigenvalue weighted by atomic mass is 9.62. The number of hydrogen-bond donors (Lipinski definition) is 1. The lowest BCUT2D eigenvalue weighted by Crippen LogP contribution is -2.55. The van der Waals surface area contributed by atoms with E-state index in [2.05, 4.69) is 62.3 Å². The smallest absolute Gasteiger partial charge is 0.0185 e. The Hall–Kier alpha value is -0.0400. The van der Waals surface area contributed by atoms with Crippen LogP contribution in [0.15, 0.2) is 0 Å². The molecule has 0 rings (SSSR count). The van der Waals surface area contributed by atoms with Crippen molar-refractivity contribution >= 4 is 0 Å². The first-order valence-corrected chi connectivity index (χ1v) is 6.71. The van der Waals surface area contributed by atoms with Gasteiger partial charge in [0, 0.05) is 5.54 Å². The minimum Gasteiger partial charge on any atom is -0.325 e. The molecule has 0 aromatic carbocycles. The van der Waals surface area contributed by atoms with E-state index in [1.807, 2.05) is 0 Å². The molecule has 4 atom stereocenters. The van der Waals surface area contributed by atoms with Gasteiger partial charge in [-0.05, 0) is 36.0 Å². The Kier molecular flexibility index (Phi) is 5.07. The number of rotatable bonds is 4. The highest BCUT2D eigenvalue weighted by molar-refractivity contribution is 4.96. The van der Waals surface area contributed by atoms with Gasteiger partial charge >= 0.3 is 0 Å². The average Bonchev–Trinajstić information content (AvgIpc) is 2.12. The SMILES string of the molecule is CC(C)C(C)C(C)C(C)(N)C(C)C(C)(C)C. The molecule has 1 heteroatoms. The molecule has 0 fully saturated rings. The Morgan fingerprint density at radius 1 is 0.812 bits per heavy atom. The van der Waals surface area contributed by atoms with Crippen molar-refractivity contribution in [3.63, 3.8) is 0 Å². The van der Waals surface area contributed by atoms with Gasteiger partial charge in [0.1, 0.15) is 0 Å². The molecule has 0 radical (unpaired) electrons. The van der Waals surface area contributed by atoms with Gasteiger partial charge in [-0.1, -0.05) is 55.4 Å². The van der Waals surface area contributed by atoms with E-state index >= 15 is 0 Å². The van der Waals surface area contributed by atoms with E-state index in [1.54, 1.807) is 0 Å². The van der Waals surface area contributed by atoms with Crippen molar-refractivity contribution in [2.75, 3.05) is 0 Å². The van der Waals surface area contributed by atoms with Crippen LogP contribution in [0.1, 0.15) is 62.3 Å². The molecule has 0 heterocycles. The first-order chi connectivity index (χ1) is 6.92. The Morgan fingerprint density at radius 3 is 1.44 bits per heavy atom. The summed E-state index contributed by atoms with van der Waals surface area (Å²) >= 11 is 0. The molecule has 98 valence electrons. The van der Waals surface area contributed by atoms with Crippen molar-refractivity contribution < 1.29 is 0 Å². The molecule has 4 unspecified atom stereocenters. The predicted molar refractivity (Wildman–Crippen MR) is 74.4 cm³/mol. The normalized spacial score (nSPS) is 22.7. The molecule has 0 aliphatic carbocycles. The third-order valence-electron chi connectivity index (χ3n) is 5.05. The molecule has 0 spiro atoms. The Bertz CT molecular complexity index is 210. The van der Waals surface area contributed by atoms with Crippen LogP contribution in [0.25, 0.3) is 0 Å². The van der Waals surface area contributed by atoms with E-state index in [0.717, 1.165) is 0 Å². The Balaban J connectivity index is 4.91. The molecule has 0 aliphatic rings. The van der Waals surface area contributed by atoms with Crippen LogP contribution in [0.4, 0.5) is 0 Å². The van der Waals surface area contributed by atoms with Crippen LogP contribution in [0, 0.1) is 29.1 Å². The summed E-state index contributed by atoms with van der Waals surface area (Å²) in [6.07, 6.45) is 0. The first kappa shape index (κ1) is 16.0. The van der Waals surface area contributed by atoms with Gasteiger partial charge in [0.2, 0.25) is 0 Å². The highest BCUT2D eigenvalue weighted by Crippen LogP contribution is 2.40. The van der Waals surface area contributed by atoms with Crippen molar-refractivity contribution in [2.24, 2.45) is 34.8 Å². The van der Waals surface area contributed by atoms with Gasteiger partial charge in [-0.25, -0.2) is 0 Å². The maximum Gasteiger partial charge on any atom is 0.0185 e. The summed E-state index contributed by atoms with van der Waals surface area (Å²) in [6, 6.07) is 0. The standard InChI is InChI=1S/C15H33N/c1-10(2)11(3)12(4)15(9,16)13(5)14(6,7)8/h10-13H,16H2,1-9H3. The fourth-order valence-electron chi connectivity index (χ4n) is 2.47. The van der Waals surface area contributed by atoms with Crippen molar-refractivity contribution in [2.45, 2.75) is 67.9 Å². The van der Waals surface area contributed by atoms with Crippen LogP contribution in [0.2, 0.25) is 0 Å². The molecule has 0 bridgehead atoms. The second kappa shape index (κ2) is 5.08. The molecule has 0 aliphatic heterocycles. The van der Waals surface area contributed by atoms with E-state index in [4.69, 9.17) is 5.73 Å². The van der Waals surface area contributed by atoms with Crippen LogP contribution < -0.4 is 5.73 Å². The van der Waals surface area contributed by atoms with E-state index in [-0.39, 0.29) is 11.0 Å². The second-order valence-electron chi connectivity index (χ2n) is 7.35. The zero-order valence-corrected chi connectivity index (χ0v) is 12.9. The molecule has 0 aromatic heterocycles. The van der Waals surface area contributed by atoms with Gasteiger partial charge in [-0.15, -0.1) is 0 Å². The third-order valence-corrected chi connectivity index (χ3v) is 5.05. The molecule has 1 nitrogen and oxygen atoms in total. The van der Waals surface area contributed by atoms with Gasteiger partial charge in [-0.2, -0.15) is 0 Å². The minimum atomic E-state index is -0.0953. The first-order valence-electron chi connectivity index (χ1n) is 6.71. The molecular formula is C15H33N. The molecule has 0 saturated carbocycles. The third kappa shape index (κ3) is 3.48. The maximum absolute atomic E-state index is 6.63. The van der Waals surface area contributed by atoms with E-state index in [1.165, 1.54) is 0 Å². The van der Waals surface area contributed by atoms with Crippen LogP contribution >= 0.6 is 0 Å². The van der Waals surface area contributed by atoms with Crippen LogP contribution in [0.3, 0.4) is 0 Å². The largest absolute Gasteiger partial charge is 0.325 e. The lowest BCUT2D eigenvalue weighted by molar-refractivity contribution is 0.0740. The Labute approximate surface area is 103 Å². The van der Waals surface area contributed by atoms with Crippen LogP contribution in [-0.2, 0) is 0 Å². The van der Waals surface area contributed by atoms with Crippen LogP contribution in [-0.4, -0.2) is 5.54 Å². The summed E-state index contributed by atoms with van der Waals surface area (Å²) in [5.74, 6) is 2.42. The quantitative estimate of drug-likeness (QED) is 0.761. The van der Waals surface area contributed by atoms with Gasteiger partial charge in [0.15, 0.2) is 0 Å². The van der Waals surface area contributed by atoms with Gasteiger partial charge in [0.25, 0.3) is 0 Å². The highest BCUT2D eigenvalue weighted by Gasteiger charge is 2.41. The van der Waals surface area contributed by atoms with Gasteiger partial charge in [-0.3, -0.25) is 0 Å². The van der Waals surface area contributed by atoms with Crippen LogP contribution in [0.5, 0.6) is 0 Å². The molecule has 0 amide bonds. The summed E-state index contributed by atoms with van der Waals surface area (Å²) in [6.45, 7) is 20.6. The van der Waals surface area contributed by atoms with Gasteiger partial charge < -0.3 is 5.73 Å². The van der Waals surface area contributed by atoms with E-state index in [0.29, 0.717) is 23.7 Å². The fraction of sp³-hybridized carbons (Fsp3) is 1.00. The van der Waals surface area contributed by atoms with Crippen molar-refractivity contribution in [3.8, 4) is 0 Å². The summed E-state index contributed by atoms with van der Waals surface area (Å²) in [5.41, 5.74) is 6.81. The van der Waals surface area contributed by atoms with E-state index < -0.39 is 0 Å². The number of nitrogens with two attached hydrogens (primary N) is 1. The van der Waals surface area contributed by atoms with Gasteiger partial charge in [0.05, 0.1) is 0 Å². The highest BCUT2D eigenvalue weighted by atomic mass is 14.8. The predicted octanol–water partition coefficient (Wildman–Crippen LogP) is 4.31. The lowest BCUT2D eigenvalue weighted by Gasteiger charge is -2.47. The monoisotopic (exact) mass is 227 g/mol. The van der Waals surface area contributed by atoms with Crippen molar-refractivity contribution in [1.82, 2.24) is 0 Å². The molecule has 0 aromatic rings. The topological polar surface area (TPSA) is 26.0 Å². The van der Waals surface area contributed by atoms with Crippen molar-refractivity contribution in [1.29, 1.82) is 0 Å². The van der Waals surface area contributed by atoms with Crippen molar-refractivity contribution in [3.05, 3.63) is 0 Å². The molecule has 2 N–H and O–H groups in total. The summed E-state index contributed by atoms with van der Waals surface area (Å²) < 4.78 is 0. The minimum absolute atomic E-state index is 0.0953. The zero-order valence-electron chi connectivity index (χ0n) is 12.9.